The van der Waals surface area contributed by atoms with Gasteiger partial charge in [-0.15, -0.1) is 11.3 Å². The lowest BCUT2D eigenvalue weighted by molar-refractivity contribution is 0.306. The number of halogens is 1. The van der Waals surface area contributed by atoms with Gasteiger partial charge in [0, 0.05) is 22.8 Å². The number of nitrogens with one attached hydrogen (secondary N) is 1. The number of aryl methyl sites for hydroxylation is 1. The standard InChI is InChI=1S/C28H23ClN2OS/c1-19-2-15-27-26(16-19)31-28(33-27)22-7-11-24(12-8-22)30-17-20-5-13-25(14-6-20)32-18-21-3-9-23(29)10-4-21/h2-16,30H,17-18H2,1H3. The molecular weight excluding hydrogens is 448 g/mol. The summed E-state index contributed by atoms with van der Waals surface area (Å²) in [5.74, 6) is 0.851. The molecule has 0 atom stereocenters. The van der Waals surface area contributed by atoms with Gasteiger partial charge in [0.2, 0.25) is 0 Å². The van der Waals surface area contributed by atoms with Gasteiger partial charge in [-0.1, -0.05) is 41.9 Å². The number of anilines is 1. The molecule has 0 saturated heterocycles. The maximum absolute atomic E-state index is 5.93. The molecule has 1 heterocycles. The quantitative estimate of drug-likeness (QED) is 0.261. The lowest BCUT2D eigenvalue weighted by Gasteiger charge is -2.09. The summed E-state index contributed by atoms with van der Waals surface area (Å²) >= 11 is 7.66. The van der Waals surface area contributed by atoms with E-state index in [2.05, 4.69) is 66.8 Å². The van der Waals surface area contributed by atoms with Crippen LogP contribution in [0.15, 0.2) is 91.0 Å². The second-order valence-electron chi connectivity index (χ2n) is 7.98. The Labute approximate surface area is 202 Å². The van der Waals surface area contributed by atoms with E-state index in [1.165, 1.54) is 15.8 Å². The molecule has 0 aliphatic carbocycles. The SMILES string of the molecule is Cc1ccc2sc(-c3ccc(NCc4ccc(OCc5ccc(Cl)cc5)cc4)cc3)nc2c1. The Bertz CT molecular complexity index is 1360. The Morgan fingerprint density at radius 1 is 0.848 bits per heavy atom. The van der Waals surface area contributed by atoms with Crippen molar-refractivity contribution in [2.24, 2.45) is 0 Å². The summed E-state index contributed by atoms with van der Waals surface area (Å²) < 4.78 is 7.09. The number of hydrogen-bond donors (Lipinski definition) is 1. The van der Waals surface area contributed by atoms with Crippen molar-refractivity contribution in [3.63, 3.8) is 0 Å². The maximum Gasteiger partial charge on any atom is 0.124 e. The third-order valence-electron chi connectivity index (χ3n) is 5.41. The number of nitrogens with zero attached hydrogens (tertiary/aromatic N) is 1. The fourth-order valence-electron chi connectivity index (χ4n) is 3.55. The van der Waals surface area contributed by atoms with Crippen molar-refractivity contribution in [1.29, 1.82) is 0 Å². The van der Waals surface area contributed by atoms with Gasteiger partial charge in [-0.3, -0.25) is 0 Å². The fourth-order valence-corrected chi connectivity index (χ4v) is 4.62. The van der Waals surface area contributed by atoms with Crippen LogP contribution in [0.5, 0.6) is 5.75 Å². The van der Waals surface area contributed by atoms with E-state index in [-0.39, 0.29) is 0 Å². The monoisotopic (exact) mass is 470 g/mol. The first kappa shape index (κ1) is 21.5. The first-order valence-electron chi connectivity index (χ1n) is 10.8. The van der Waals surface area contributed by atoms with Crippen LogP contribution in [0.4, 0.5) is 5.69 Å². The molecule has 0 aliphatic rings. The zero-order valence-corrected chi connectivity index (χ0v) is 19.8. The predicted molar refractivity (Wildman–Crippen MR) is 139 cm³/mol. The van der Waals surface area contributed by atoms with E-state index in [9.17, 15) is 0 Å². The molecule has 3 nitrogen and oxygen atoms in total. The molecule has 164 valence electrons. The van der Waals surface area contributed by atoms with Crippen molar-refractivity contribution in [2.45, 2.75) is 20.1 Å². The fraction of sp³-hybridized carbons (Fsp3) is 0.107. The van der Waals surface area contributed by atoms with Crippen LogP contribution in [0, 0.1) is 6.92 Å². The second kappa shape index (κ2) is 9.65. The zero-order valence-electron chi connectivity index (χ0n) is 18.2. The summed E-state index contributed by atoms with van der Waals surface area (Å²) in [6, 6.07) is 30.8. The van der Waals surface area contributed by atoms with Gasteiger partial charge in [0.05, 0.1) is 10.2 Å². The van der Waals surface area contributed by atoms with Crippen molar-refractivity contribution in [2.75, 3.05) is 5.32 Å². The Kier molecular flexibility index (Phi) is 6.29. The number of benzene rings is 4. The van der Waals surface area contributed by atoms with Gasteiger partial charge in [0.15, 0.2) is 0 Å². The lowest BCUT2D eigenvalue weighted by Crippen LogP contribution is -2.00. The third-order valence-corrected chi connectivity index (χ3v) is 6.75. The summed E-state index contributed by atoms with van der Waals surface area (Å²) in [6.07, 6.45) is 0. The average molecular weight is 471 g/mol. The normalized spacial score (nSPS) is 11.0. The van der Waals surface area contributed by atoms with Crippen molar-refractivity contribution in [3.8, 4) is 16.3 Å². The van der Waals surface area contributed by atoms with E-state index < -0.39 is 0 Å². The summed E-state index contributed by atoms with van der Waals surface area (Å²) in [4.78, 5) is 4.79. The summed E-state index contributed by atoms with van der Waals surface area (Å²) in [5.41, 5.74) is 6.81. The molecule has 1 aromatic heterocycles. The van der Waals surface area contributed by atoms with Gasteiger partial charge in [0.25, 0.3) is 0 Å². The van der Waals surface area contributed by atoms with E-state index in [0.717, 1.165) is 44.7 Å². The largest absolute Gasteiger partial charge is 0.489 e. The van der Waals surface area contributed by atoms with Crippen molar-refractivity contribution >= 4 is 38.8 Å². The molecule has 33 heavy (non-hydrogen) atoms. The number of rotatable bonds is 7. The van der Waals surface area contributed by atoms with Crippen molar-refractivity contribution in [1.82, 2.24) is 4.98 Å². The van der Waals surface area contributed by atoms with Gasteiger partial charge in [0.1, 0.15) is 17.4 Å². The zero-order chi connectivity index (χ0) is 22.6. The van der Waals surface area contributed by atoms with Gasteiger partial charge < -0.3 is 10.1 Å². The molecule has 0 amide bonds. The highest BCUT2D eigenvalue weighted by atomic mass is 35.5. The molecule has 5 aromatic rings. The summed E-state index contributed by atoms with van der Waals surface area (Å²) in [6.45, 7) is 3.37. The molecule has 5 heteroatoms. The number of thiazole rings is 1. The van der Waals surface area contributed by atoms with Crippen LogP contribution in [-0.2, 0) is 13.2 Å². The van der Waals surface area contributed by atoms with Gasteiger partial charge in [-0.2, -0.15) is 0 Å². The average Bonchev–Trinajstić information content (AvgIpc) is 3.26. The minimum atomic E-state index is 0.523. The molecule has 5 rings (SSSR count). The summed E-state index contributed by atoms with van der Waals surface area (Å²) in [5, 5.41) is 5.27. The van der Waals surface area contributed by atoms with Crippen molar-refractivity contribution in [3.05, 3.63) is 113 Å². The Balaban J connectivity index is 1.16. The van der Waals surface area contributed by atoms with E-state index >= 15 is 0 Å². The molecule has 0 bridgehead atoms. The topological polar surface area (TPSA) is 34.1 Å². The highest BCUT2D eigenvalue weighted by molar-refractivity contribution is 7.21. The van der Waals surface area contributed by atoms with Gasteiger partial charge >= 0.3 is 0 Å². The highest BCUT2D eigenvalue weighted by Gasteiger charge is 2.07. The molecule has 0 spiro atoms. The van der Waals surface area contributed by atoms with E-state index in [1.807, 2.05) is 36.4 Å². The third kappa shape index (κ3) is 5.36. The molecule has 0 fully saturated rings. The van der Waals surface area contributed by atoms with Crippen molar-refractivity contribution < 1.29 is 4.74 Å². The van der Waals surface area contributed by atoms with Crippen LogP contribution < -0.4 is 10.1 Å². The van der Waals surface area contributed by atoms with Crippen LogP contribution in [0.1, 0.15) is 16.7 Å². The molecule has 1 N–H and O–H groups in total. The maximum atomic E-state index is 5.93. The minimum absolute atomic E-state index is 0.523. The number of hydrogen-bond acceptors (Lipinski definition) is 4. The minimum Gasteiger partial charge on any atom is -0.489 e. The number of ether oxygens (including phenoxy) is 1. The Morgan fingerprint density at radius 2 is 1.58 bits per heavy atom. The lowest BCUT2D eigenvalue weighted by atomic mass is 10.2. The molecule has 0 unspecified atom stereocenters. The molecule has 4 aromatic carbocycles. The second-order valence-corrected chi connectivity index (χ2v) is 9.45. The number of aromatic nitrogens is 1. The van der Waals surface area contributed by atoms with E-state index in [0.29, 0.717) is 6.61 Å². The smallest absolute Gasteiger partial charge is 0.124 e. The first-order valence-corrected chi connectivity index (χ1v) is 12.0. The Morgan fingerprint density at radius 3 is 2.33 bits per heavy atom. The molecular formula is C28H23ClN2OS. The summed E-state index contributed by atoms with van der Waals surface area (Å²) in [7, 11) is 0. The molecule has 0 saturated carbocycles. The van der Waals surface area contributed by atoms with E-state index in [4.69, 9.17) is 21.3 Å². The molecule has 0 radical (unpaired) electrons. The molecule has 0 aliphatic heterocycles. The number of fused-ring (bicyclic) bond motifs is 1. The van der Waals surface area contributed by atoms with Crippen LogP contribution in [0.2, 0.25) is 5.02 Å². The van der Waals surface area contributed by atoms with E-state index in [1.54, 1.807) is 11.3 Å². The Hall–Kier alpha value is -3.34. The van der Waals surface area contributed by atoms with Crippen LogP contribution >= 0.6 is 22.9 Å². The highest BCUT2D eigenvalue weighted by Crippen LogP contribution is 2.31. The van der Waals surface area contributed by atoms with Gasteiger partial charge in [-0.05, 0) is 84.3 Å². The predicted octanol–water partition coefficient (Wildman–Crippen LogP) is 8.12. The van der Waals surface area contributed by atoms with Crippen LogP contribution in [0.3, 0.4) is 0 Å². The van der Waals surface area contributed by atoms with Crippen LogP contribution in [0.25, 0.3) is 20.8 Å². The van der Waals surface area contributed by atoms with Gasteiger partial charge in [-0.25, -0.2) is 4.98 Å². The van der Waals surface area contributed by atoms with Crippen LogP contribution in [-0.4, -0.2) is 4.98 Å². The first-order chi connectivity index (χ1) is 16.1.